The minimum Gasteiger partial charge on any atom is -0.456 e. The van der Waals surface area contributed by atoms with E-state index in [-0.39, 0.29) is 0 Å². The molecule has 0 spiro atoms. The first-order chi connectivity index (χ1) is 30.2. The van der Waals surface area contributed by atoms with E-state index in [1.807, 2.05) is 12.1 Å². The van der Waals surface area contributed by atoms with Gasteiger partial charge in [-0.1, -0.05) is 164 Å². The number of para-hydroxylation sites is 4. The number of fused-ring (bicyclic) bond motifs is 7. The van der Waals surface area contributed by atoms with Gasteiger partial charge in [-0.3, -0.25) is 0 Å². The largest absolute Gasteiger partial charge is 0.456 e. The van der Waals surface area contributed by atoms with Gasteiger partial charge in [0, 0.05) is 50.1 Å². The lowest BCUT2D eigenvalue weighted by Crippen LogP contribution is -2.11. The average Bonchev–Trinajstić information content (AvgIpc) is 3.87. The summed E-state index contributed by atoms with van der Waals surface area (Å²) in [7, 11) is 0. The lowest BCUT2D eigenvalue weighted by atomic mass is 9.95. The SMILES string of the molecule is c1ccc(-c2ccc(-c3ccc4ccccc4c3)cc2N(c2ccc(-c3ccccc3-n3c4ccccc4c4ccccc43)cc2)c2ccc3c(c2)oc2ccccc23)cc1. The van der Waals surface area contributed by atoms with Crippen LogP contribution in [-0.4, -0.2) is 4.57 Å². The van der Waals surface area contributed by atoms with Crippen molar-refractivity contribution in [3.05, 3.63) is 231 Å². The van der Waals surface area contributed by atoms with Gasteiger partial charge in [-0.25, -0.2) is 0 Å². The van der Waals surface area contributed by atoms with E-state index in [1.54, 1.807) is 0 Å². The quantitative estimate of drug-likeness (QED) is 0.161. The molecule has 12 rings (SSSR count). The Kier molecular flexibility index (Phi) is 8.17. The van der Waals surface area contributed by atoms with Gasteiger partial charge in [-0.05, 0) is 93.7 Å². The van der Waals surface area contributed by atoms with Crippen molar-refractivity contribution in [1.82, 2.24) is 4.57 Å². The van der Waals surface area contributed by atoms with Gasteiger partial charge in [0.25, 0.3) is 0 Å². The second-order valence-corrected chi connectivity index (χ2v) is 15.7. The molecule has 12 aromatic rings. The highest BCUT2D eigenvalue weighted by Crippen LogP contribution is 2.45. The van der Waals surface area contributed by atoms with Crippen molar-refractivity contribution in [2.75, 3.05) is 4.90 Å². The van der Waals surface area contributed by atoms with Crippen molar-refractivity contribution < 1.29 is 4.42 Å². The third-order valence-corrected chi connectivity index (χ3v) is 12.2. The van der Waals surface area contributed by atoms with Crippen LogP contribution in [-0.2, 0) is 0 Å². The second-order valence-electron chi connectivity index (χ2n) is 15.7. The molecule has 0 N–H and O–H groups in total. The first kappa shape index (κ1) is 34.9. The smallest absolute Gasteiger partial charge is 0.137 e. The van der Waals surface area contributed by atoms with Crippen molar-refractivity contribution in [2.45, 2.75) is 0 Å². The number of rotatable bonds is 7. The van der Waals surface area contributed by atoms with E-state index in [0.717, 1.165) is 66.9 Å². The molecule has 10 aromatic carbocycles. The van der Waals surface area contributed by atoms with Crippen LogP contribution in [0.1, 0.15) is 0 Å². The minimum absolute atomic E-state index is 0.854. The zero-order valence-electron chi connectivity index (χ0n) is 33.2. The van der Waals surface area contributed by atoms with Gasteiger partial charge in [-0.2, -0.15) is 0 Å². The number of furan rings is 1. The van der Waals surface area contributed by atoms with Crippen LogP contribution in [0, 0.1) is 0 Å². The molecule has 0 amide bonds. The number of hydrogen-bond acceptors (Lipinski definition) is 2. The molecule has 0 aliphatic rings. The van der Waals surface area contributed by atoms with Crippen LogP contribution in [0.3, 0.4) is 0 Å². The summed E-state index contributed by atoms with van der Waals surface area (Å²) in [6.45, 7) is 0. The molecule has 286 valence electrons. The van der Waals surface area contributed by atoms with E-state index in [2.05, 4.69) is 228 Å². The van der Waals surface area contributed by atoms with E-state index in [0.29, 0.717) is 0 Å². The summed E-state index contributed by atoms with van der Waals surface area (Å²) in [5, 5.41) is 7.17. The molecule has 2 heterocycles. The summed E-state index contributed by atoms with van der Waals surface area (Å²) in [5.74, 6) is 0. The van der Waals surface area contributed by atoms with Crippen molar-refractivity contribution in [2.24, 2.45) is 0 Å². The van der Waals surface area contributed by atoms with Gasteiger partial charge in [-0.15, -0.1) is 0 Å². The third-order valence-electron chi connectivity index (χ3n) is 12.2. The van der Waals surface area contributed by atoms with E-state index in [1.165, 1.54) is 43.7 Å². The Morgan fingerprint density at radius 3 is 1.70 bits per heavy atom. The van der Waals surface area contributed by atoms with E-state index in [4.69, 9.17) is 4.42 Å². The Morgan fingerprint density at radius 1 is 0.328 bits per heavy atom. The maximum atomic E-state index is 6.52. The van der Waals surface area contributed by atoms with Gasteiger partial charge in [0.15, 0.2) is 0 Å². The molecular formula is C58H38N2O. The zero-order chi connectivity index (χ0) is 40.3. The first-order valence-corrected chi connectivity index (χ1v) is 20.8. The molecule has 0 aliphatic carbocycles. The number of hydrogen-bond donors (Lipinski definition) is 0. The van der Waals surface area contributed by atoms with Crippen LogP contribution in [0.15, 0.2) is 235 Å². The lowest BCUT2D eigenvalue weighted by Gasteiger charge is -2.29. The van der Waals surface area contributed by atoms with Gasteiger partial charge in [0.1, 0.15) is 11.2 Å². The lowest BCUT2D eigenvalue weighted by molar-refractivity contribution is 0.669. The molecule has 2 aromatic heterocycles. The fourth-order valence-electron chi connectivity index (χ4n) is 9.29. The summed E-state index contributed by atoms with van der Waals surface area (Å²) in [4.78, 5) is 2.39. The topological polar surface area (TPSA) is 21.3 Å². The molecule has 61 heavy (non-hydrogen) atoms. The minimum atomic E-state index is 0.854. The number of anilines is 3. The van der Waals surface area contributed by atoms with Crippen LogP contribution >= 0.6 is 0 Å². The highest BCUT2D eigenvalue weighted by atomic mass is 16.3. The Bertz CT molecular complexity index is 3540. The average molecular weight is 779 g/mol. The van der Waals surface area contributed by atoms with Crippen molar-refractivity contribution in [3.63, 3.8) is 0 Å². The van der Waals surface area contributed by atoms with Crippen LogP contribution < -0.4 is 4.90 Å². The number of benzene rings is 10. The van der Waals surface area contributed by atoms with E-state index >= 15 is 0 Å². The zero-order valence-corrected chi connectivity index (χ0v) is 33.2. The highest BCUT2D eigenvalue weighted by molar-refractivity contribution is 6.10. The standard InChI is InChI=1S/C58H38N2O/c1-2-15-40(16-3-1)48-34-30-44(43-27-26-39-14-4-5-17-42(39)36-43)37-56(48)59(46-33-35-52-51-21-9-13-25-57(51)61-58(52)38-46)45-31-28-41(29-32-45)47-18-6-10-22-53(47)60-54-23-11-7-19-49(54)50-20-8-12-24-55(50)60/h1-38H. The van der Waals surface area contributed by atoms with Crippen LogP contribution in [0.4, 0.5) is 17.1 Å². The van der Waals surface area contributed by atoms with Crippen LogP contribution in [0.2, 0.25) is 0 Å². The fraction of sp³-hybridized carbons (Fsp3) is 0. The Hall–Kier alpha value is -8.14. The first-order valence-electron chi connectivity index (χ1n) is 20.8. The molecule has 0 fully saturated rings. The van der Waals surface area contributed by atoms with Crippen molar-refractivity contribution in [1.29, 1.82) is 0 Å². The molecule has 3 nitrogen and oxygen atoms in total. The molecule has 0 aliphatic heterocycles. The van der Waals surface area contributed by atoms with Gasteiger partial charge in [0.05, 0.1) is 22.4 Å². The summed E-state index contributed by atoms with van der Waals surface area (Å²) >= 11 is 0. The highest BCUT2D eigenvalue weighted by Gasteiger charge is 2.21. The predicted molar refractivity (Wildman–Crippen MR) is 257 cm³/mol. The normalized spacial score (nSPS) is 11.6. The van der Waals surface area contributed by atoms with Gasteiger partial charge >= 0.3 is 0 Å². The van der Waals surface area contributed by atoms with E-state index < -0.39 is 0 Å². The van der Waals surface area contributed by atoms with Gasteiger partial charge in [0.2, 0.25) is 0 Å². The Balaban J connectivity index is 1.06. The van der Waals surface area contributed by atoms with Crippen molar-refractivity contribution >= 4 is 71.6 Å². The maximum Gasteiger partial charge on any atom is 0.137 e. The third kappa shape index (κ3) is 5.90. The predicted octanol–water partition coefficient (Wildman–Crippen LogP) is 16.3. The number of nitrogens with zero attached hydrogens (tertiary/aromatic N) is 2. The molecule has 0 bridgehead atoms. The van der Waals surface area contributed by atoms with E-state index in [9.17, 15) is 0 Å². The number of aromatic nitrogens is 1. The summed E-state index contributed by atoms with van der Waals surface area (Å²) in [6, 6.07) is 83.0. The summed E-state index contributed by atoms with van der Waals surface area (Å²) < 4.78 is 8.93. The molecule has 0 saturated carbocycles. The summed E-state index contributed by atoms with van der Waals surface area (Å²) in [6.07, 6.45) is 0. The molecule has 0 saturated heterocycles. The Morgan fingerprint density at radius 2 is 0.902 bits per heavy atom. The maximum absolute atomic E-state index is 6.52. The van der Waals surface area contributed by atoms with Gasteiger partial charge < -0.3 is 13.9 Å². The fourth-order valence-corrected chi connectivity index (χ4v) is 9.29. The molecule has 0 unspecified atom stereocenters. The second kappa shape index (κ2) is 14.3. The van der Waals surface area contributed by atoms with Crippen LogP contribution in [0.25, 0.3) is 93.6 Å². The molecule has 0 atom stereocenters. The Labute approximate surface area is 353 Å². The monoisotopic (exact) mass is 778 g/mol. The molecule has 3 heteroatoms. The summed E-state index contributed by atoms with van der Waals surface area (Å²) in [5.41, 5.74) is 15.3. The molecular weight excluding hydrogens is 741 g/mol. The molecule has 0 radical (unpaired) electrons. The van der Waals surface area contributed by atoms with Crippen molar-refractivity contribution in [3.8, 4) is 39.1 Å². The van der Waals surface area contributed by atoms with Crippen LogP contribution in [0.5, 0.6) is 0 Å².